The van der Waals surface area contributed by atoms with Crippen molar-refractivity contribution in [1.29, 1.82) is 0 Å². The Morgan fingerprint density at radius 2 is 2.11 bits per heavy atom. The predicted octanol–water partition coefficient (Wildman–Crippen LogP) is 0.522. The Hall–Kier alpha value is -0.650. The van der Waals surface area contributed by atoms with E-state index in [2.05, 4.69) is 0 Å². The van der Waals surface area contributed by atoms with Crippen molar-refractivity contribution in [2.75, 3.05) is 32.9 Å². The van der Waals surface area contributed by atoms with Crippen LogP contribution in [0.15, 0.2) is 0 Å². The summed E-state index contributed by atoms with van der Waals surface area (Å²) < 4.78 is 11.3. The van der Waals surface area contributed by atoms with Crippen LogP contribution in [0.5, 0.6) is 0 Å². The Labute approximate surface area is 109 Å². The third kappa shape index (κ3) is 3.02. The Bertz CT molecular complexity index is 284. The van der Waals surface area contributed by atoms with Crippen molar-refractivity contribution in [2.45, 2.75) is 44.2 Å². The van der Waals surface area contributed by atoms with Crippen LogP contribution in [0.3, 0.4) is 0 Å². The van der Waals surface area contributed by atoms with Gasteiger partial charge in [0.15, 0.2) is 0 Å². The molecule has 2 saturated heterocycles. The summed E-state index contributed by atoms with van der Waals surface area (Å²) in [7, 11) is 0. The molecule has 2 aliphatic heterocycles. The first-order valence-corrected chi connectivity index (χ1v) is 6.93. The van der Waals surface area contributed by atoms with Gasteiger partial charge in [-0.05, 0) is 6.42 Å². The van der Waals surface area contributed by atoms with Gasteiger partial charge in [-0.25, -0.2) is 0 Å². The number of carbonyl (C=O) groups is 1. The normalized spacial score (nSPS) is 25.1. The predicted molar refractivity (Wildman–Crippen MR) is 68.2 cm³/mol. The molecule has 2 aliphatic rings. The van der Waals surface area contributed by atoms with Crippen LogP contribution in [0, 0.1) is 0 Å². The number of carbonyl (C=O) groups excluding carboxylic acids is 1. The molecule has 0 aromatic carbocycles. The van der Waals surface area contributed by atoms with E-state index in [4.69, 9.17) is 15.2 Å². The second-order valence-electron chi connectivity index (χ2n) is 5.30. The summed E-state index contributed by atoms with van der Waals surface area (Å²) in [5.41, 5.74) is 5.74. The van der Waals surface area contributed by atoms with Gasteiger partial charge in [-0.3, -0.25) is 4.79 Å². The highest BCUT2D eigenvalue weighted by molar-refractivity contribution is 5.81. The molecular weight excluding hydrogens is 232 g/mol. The SMILES string of the molecule is CCC[C@H](N)C(=O)N1CCOC2(CCOCC2)C1. The van der Waals surface area contributed by atoms with Gasteiger partial charge >= 0.3 is 0 Å². The number of nitrogens with two attached hydrogens (primary N) is 1. The summed E-state index contributed by atoms with van der Waals surface area (Å²) in [5.74, 6) is 0.0750. The van der Waals surface area contributed by atoms with E-state index in [-0.39, 0.29) is 17.6 Å². The highest BCUT2D eigenvalue weighted by Crippen LogP contribution is 2.29. The molecule has 2 fully saturated rings. The molecule has 104 valence electrons. The number of hydrogen-bond donors (Lipinski definition) is 1. The van der Waals surface area contributed by atoms with Gasteiger partial charge in [0.1, 0.15) is 0 Å². The van der Waals surface area contributed by atoms with Crippen LogP contribution in [0.2, 0.25) is 0 Å². The summed E-state index contributed by atoms with van der Waals surface area (Å²) in [6.45, 7) is 5.45. The first kappa shape index (κ1) is 13.8. The van der Waals surface area contributed by atoms with E-state index in [0.29, 0.717) is 19.7 Å². The van der Waals surface area contributed by atoms with Crippen LogP contribution in [0.1, 0.15) is 32.6 Å². The van der Waals surface area contributed by atoms with Crippen molar-refractivity contribution in [3.05, 3.63) is 0 Å². The van der Waals surface area contributed by atoms with Crippen molar-refractivity contribution in [3.8, 4) is 0 Å². The zero-order valence-corrected chi connectivity index (χ0v) is 11.2. The Morgan fingerprint density at radius 1 is 1.39 bits per heavy atom. The maximum absolute atomic E-state index is 12.2. The number of ether oxygens (including phenoxy) is 2. The molecule has 0 saturated carbocycles. The van der Waals surface area contributed by atoms with Crippen molar-refractivity contribution < 1.29 is 14.3 Å². The van der Waals surface area contributed by atoms with Crippen molar-refractivity contribution in [3.63, 3.8) is 0 Å². The summed E-state index contributed by atoms with van der Waals surface area (Å²) in [4.78, 5) is 14.1. The number of hydrogen-bond acceptors (Lipinski definition) is 4. The van der Waals surface area contributed by atoms with Gasteiger partial charge in [-0.2, -0.15) is 0 Å². The minimum Gasteiger partial charge on any atom is -0.381 e. The standard InChI is InChI=1S/C13H24N2O3/c1-2-3-11(14)12(16)15-6-9-18-13(10-15)4-7-17-8-5-13/h11H,2-10,14H2,1H3/t11-/m0/s1. The average molecular weight is 256 g/mol. The fraction of sp³-hybridized carbons (Fsp3) is 0.923. The Morgan fingerprint density at radius 3 is 2.78 bits per heavy atom. The molecule has 0 aliphatic carbocycles. The van der Waals surface area contributed by atoms with E-state index in [1.54, 1.807) is 0 Å². The summed E-state index contributed by atoms with van der Waals surface area (Å²) in [6.07, 6.45) is 3.45. The molecule has 1 atom stereocenters. The van der Waals surface area contributed by atoms with E-state index in [0.717, 1.165) is 38.9 Å². The molecule has 0 unspecified atom stereocenters. The molecule has 5 nitrogen and oxygen atoms in total. The lowest BCUT2D eigenvalue weighted by molar-refractivity contribution is -0.168. The average Bonchev–Trinajstić information content (AvgIpc) is 2.39. The highest BCUT2D eigenvalue weighted by Gasteiger charge is 2.40. The molecule has 0 aromatic heterocycles. The maximum atomic E-state index is 12.2. The largest absolute Gasteiger partial charge is 0.381 e. The lowest BCUT2D eigenvalue weighted by Crippen LogP contribution is -2.58. The van der Waals surface area contributed by atoms with Gasteiger partial charge in [-0.1, -0.05) is 13.3 Å². The summed E-state index contributed by atoms with van der Waals surface area (Å²) in [6, 6.07) is -0.356. The molecule has 0 aromatic rings. The van der Waals surface area contributed by atoms with Gasteiger partial charge in [0.2, 0.25) is 5.91 Å². The van der Waals surface area contributed by atoms with Crippen LogP contribution in [0.4, 0.5) is 0 Å². The molecule has 2 rings (SSSR count). The zero-order chi connectivity index (χ0) is 13.0. The summed E-state index contributed by atoms with van der Waals surface area (Å²) in [5, 5.41) is 0. The molecule has 0 radical (unpaired) electrons. The van der Waals surface area contributed by atoms with Gasteiger partial charge in [0.25, 0.3) is 0 Å². The van der Waals surface area contributed by atoms with Crippen molar-refractivity contribution in [2.24, 2.45) is 5.73 Å². The van der Waals surface area contributed by atoms with Gasteiger partial charge in [-0.15, -0.1) is 0 Å². The molecule has 2 heterocycles. The molecule has 1 amide bonds. The van der Waals surface area contributed by atoms with Crippen LogP contribution in [0.25, 0.3) is 0 Å². The lowest BCUT2D eigenvalue weighted by atomic mass is 9.91. The zero-order valence-electron chi connectivity index (χ0n) is 11.2. The summed E-state index contributed by atoms with van der Waals surface area (Å²) >= 11 is 0. The van der Waals surface area contributed by atoms with E-state index < -0.39 is 0 Å². The lowest BCUT2D eigenvalue weighted by Gasteiger charge is -2.45. The first-order valence-electron chi connectivity index (χ1n) is 6.93. The van der Waals surface area contributed by atoms with Gasteiger partial charge in [0.05, 0.1) is 18.2 Å². The van der Waals surface area contributed by atoms with Crippen LogP contribution in [-0.4, -0.2) is 55.4 Å². The Balaban J connectivity index is 1.95. The highest BCUT2D eigenvalue weighted by atomic mass is 16.5. The Kier molecular flexibility index (Phi) is 4.59. The fourth-order valence-corrected chi connectivity index (χ4v) is 2.75. The third-order valence-corrected chi connectivity index (χ3v) is 3.88. The number of morpholine rings is 1. The van der Waals surface area contributed by atoms with Gasteiger partial charge < -0.3 is 20.1 Å². The molecule has 18 heavy (non-hydrogen) atoms. The minimum atomic E-state index is -0.356. The van der Waals surface area contributed by atoms with Crippen LogP contribution in [-0.2, 0) is 14.3 Å². The van der Waals surface area contributed by atoms with E-state index in [9.17, 15) is 4.79 Å². The molecule has 0 bridgehead atoms. The quantitative estimate of drug-likeness (QED) is 0.799. The number of rotatable bonds is 3. The van der Waals surface area contributed by atoms with E-state index >= 15 is 0 Å². The third-order valence-electron chi connectivity index (χ3n) is 3.88. The van der Waals surface area contributed by atoms with Crippen LogP contribution >= 0.6 is 0 Å². The van der Waals surface area contributed by atoms with Gasteiger partial charge in [0, 0.05) is 39.1 Å². The minimum absolute atomic E-state index is 0.0750. The molecule has 5 heteroatoms. The van der Waals surface area contributed by atoms with Crippen molar-refractivity contribution >= 4 is 5.91 Å². The first-order chi connectivity index (χ1) is 8.67. The molecule has 2 N–H and O–H groups in total. The molecule has 1 spiro atoms. The number of nitrogens with zero attached hydrogens (tertiary/aromatic N) is 1. The topological polar surface area (TPSA) is 64.8 Å². The van der Waals surface area contributed by atoms with Crippen molar-refractivity contribution in [1.82, 2.24) is 4.90 Å². The fourth-order valence-electron chi connectivity index (χ4n) is 2.75. The van der Waals surface area contributed by atoms with E-state index in [1.165, 1.54) is 0 Å². The molecular formula is C13H24N2O3. The second-order valence-corrected chi connectivity index (χ2v) is 5.30. The second kappa shape index (κ2) is 5.99. The van der Waals surface area contributed by atoms with E-state index in [1.807, 2.05) is 11.8 Å². The number of amides is 1. The smallest absolute Gasteiger partial charge is 0.239 e. The van der Waals surface area contributed by atoms with Crippen LogP contribution < -0.4 is 5.73 Å². The monoisotopic (exact) mass is 256 g/mol. The maximum Gasteiger partial charge on any atom is 0.239 e.